The monoisotopic (exact) mass is 440 g/mol. The minimum absolute atomic E-state index is 0.105. The van der Waals surface area contributed by atoms with Gasteiger partial charge in [0.1, 0.15) is 6.10 Å². The summed E-state index contributed by atoms with van der Waals surface area (Å²) < 4.78 is 5.62. The number of ether oxygens (including phenoxy) is 1. The molecule has 0 rings (SSSR count). The zero-order chi connectivity index (χ0) is 23.0. The van der Waals surface area contributed by atoms with Crippen molar-refractivity contribution in [1.29, 1.82) is 0 Å². The van der Waals surface area contributed by atoms with E-state index < -0.39 is 5.97 Å². The SMILES string of the molecule is CCCCCCCCCCCCCCCCCC(=O)OC(CCCC)CCCC(=O)O. The van der Waals surface area contributed by atoms with E-state index in [4.69, 9.17) is 9.84 Å². The summed E-state index contributed by atoms with van der Waals surface area (Å²) in [5.41, 5.74) is 0. The first-order valence-electron chi connectivity index (χ1n) is 13.5. The van der Waals surface area contributed by atoms with Gasteiger partial charge in [0.05, 0.1) is 0 Å². The van der Waals surface area contributed by atoms with Crippen molar-refractivity contribution in [3.05, 3.63) is 0 Å². The lowest BCUT2D eigenvalue weighted by atomic mass is 10.0. The molecule has 4 nitrogen and oxygen atoms in total. The van der Waals surface area contributed by atoms with Gasteiger partial charge in [-0.2, -0.15) is 0 Å². The van der Waals surface area contributed by atoms with Gasteiger partial charge in [-0.3, -0.25) is 9.59 Å². The number of carbonyl (C=O) groups excluding carboxylic acids is 1. The molecule has 1 unspecified atom stereocenters. The molecule has 0 amide bonds. The Balaban J connectivity index is 3.53. The number of rotatable bonds is 24. The topological polar surface area (TPSA) is 63.6 Å². The van der Waals surface area contributed by atoms with Gasteiger partial charge in [0.2, 0.25) is 0 Å². The number of esters is 1. The fraction of sp³-hybridized carbons (Fsp3) is 0.926. The highest BCUT2D eigenvalue weighted by molar-refractivity contribution is 5.69. The van der Waals surface area contributed by atoms with Crippen LogP contribution >= 0.6 is 0 Å². The van der Waals surface area contributed by atoms with E-state index in [1.54, 1.807) is 0 Å². The summed E-state index contributed by atoms with van der Waals surface area (Å²) in [4.78, 5) is 22.8. The number of aliphatic carboxylic acids is 1. The Kier molecular flexibility index (Phi) is 22.8. The molecule has 0 saturated carbocycles. The van der Waals surface area contributed by atoms with Crippen LogP contribution in [0.15, 0.2) is 0 Å². The van der Waals surface area contributed by atoms with Crippen LogP contribution < -0.4 is 0 Å². The maximum absolute atomic E-state index is 12.1. The van der Waals surface area contributed by atoms with Crippen molar-refractivity contribution in [2.45, 2.75) is 161 Å². The molecule has 0 saturated heterocycles. The minimum Gasteiger partial charge on any atom is -0.481 e. The first-order valence-corrected chi connectivity index (χ1v) is 13.5. The van der Waals surface area contributed by atoms with Crippen LogP contribution in [0.2, 0.25) is 0 Å². The van der Waals surface area contributed by atoms with Crippen molar-refractivity contribution in [3.63, 3.8) is 0 Å². The van der Waals surface area contributed by atoms with Crippen molar-refractivity contribution >= 4 is 11.9 Å². The quantitative estimate of drug-likeness (QED) is 0.120. The van der Waals surface area contributed by atoms with E-state index in [2.05, 4.69) is 13.8 Å². The van der Waals surface area contributed by atoms with Crippen LogP contribution in [0.3, 0.4) is 0 Å². The molecule has 0 spiro atoms. The Morgan fingerprint density at radius 3 is 1.45 bits per heavy atom. The highest BCUT2D eigenvalue weighted by Crippen LogP contribution is 2.16. The molecule has 0 bridgehead atoms. The maximum Gasteiger partial charge on any atom is 0.306 e. The van der Waals surface area contributed by atoms with Crippen LogP contribution in [0.5, 0.6) is 0 Å². The van der Waals surface area contributed by atoms with Gasteiger partial charge in [-0.25, -0.2) is 0 Å². The summed E-state index contributed by atoms with van der Waals surface area (Å²) in [5, 5.41) is 8.78. The number of hydrogen-bond acceptors (Lipinski definition) is 3. The summed E-state index contributed by atoms with van der Waals surface area (Å²) in [6, 6.07) is 0. The minimum atomic E-state index is -0.779. The molecule has 0 fully saturated rings. The van der Waals surface area contributed by atoms with Crippen molar-refractivity contribution < 1.29 is 19.4 Å². The Hall–Kier alpha value is -1.06. The van der Waals surface area contributed by atoms with Crippen LogP contribution in [0.1, 0.15) is 155 Å². The molecule has 0 aromatic heterocycles. The van der Waals surface area contributed by atoms with E-state index in [1.165, 1.54) is 83.5 Å². The predicted molar refractivity (Wildman–Crippen MR) is 130 cm³/mol. The van der Waals surface area contributed by atoms with Crippen molar-refractivity contribution in [3.8, 4) is 0 Å². The van der Waals surface area contributed by atoms with E-state index in [0.717, 1.165) is 32.1 Å². The fourth-order valence-corrected chi connectivity index (χ4v) is 4.06. The van der Waals surface area contributed by atoms with E-state index in [9.17, 15) is 9.59 Å². The summed E-state index contributed by atoms with van der Waals surface area (Å²) in [6.07, 6.45) is 24.5. The zero-order valence-electron chi connectivity index (χ0n) is 20.8. The first kappa shape index (κ1) is 29.9. The van der Waals surface area contributed by atoms with Gasteiger partial charge in [0.15, 0.2) is 0 Å². The second-order valence-corrected chi connectivity index (χ2v) is 9.24. The average molecular weight is 441 g/mol. The van der Waals surface area contributed by atoms with Crippen molar-refractivity contribution in [1.82, 2.24) is 0 Å². The Bertz CT molecular complexity index is 408. The normalized spacial score (nSPS) is 12.1. The second kappa shape index (κ2) is 23.6. The third-order valence-electron chi connectivity index (χ3n) is 6.08. The average Bonchev–Trinajstić information content (AvgIpc) is 2.74. The highest BCUT2D eigenvalue weighted by Gasteiger charge is 2.14. The van der Waals surface area contributed by atoms with Gasteiger partial charge in [0.25, 0.3) is 0 Å². The van der Waals surface area contributed by atoms with Gasteiger partial charge in [0, 0.05) is 12.8 Å². The zero-order valence-corrected chi connectivity index (χ0v) is 20.8. The Morgan fingerprint density at radius 2 is 1.00 bits per heavy atom. The van der Waals surface area contributed by atoms with Crippen LogP contribution in [0, 0.1) is 0 Å². The molecule has 0 aromatic rings. The maximum atomic E-state index is 12.1. The van der Waals surface area contributed by atoms with E-state index in [1.807, 2.05) is 0 Å². The summed E-state index contributed by atoms with van der Waals surface area (Å²) in [7, 11) is 0. The Labute approximate surface area is 192 Å². The van der Waals surface area contributed by atoms with Crippen molar-refractivity contribution in [2.24, 2.45) is 0 Å². The lowest BCUT2D eigenvalue weighted by Crippen LogP contribution is -2.18. The van der Waals surface area contributed by atoms with Crippen LogP contribution in [-0.4, -0.2) is 23.1 Å². The third kappa shape index (κ3) is 23.4. The fourth-order valence-electron chi connectivity index (χ4n) is 4.06. The van der Waals surface area contributed by atoms with E-state index >= 15 is 0 Å². The van der Waals surface area contributed by atoms with Gasteiger partial charge in [-0.15, -0.1) is 0 Å². The number of unbranched alkanes of at least 4 members (excludes halogenated alkanes) is 15. The molecule has 0 heterocycles. The summed E-state index contributed by atoms with van der Waals surface area (Å²) >= 11 is 0. The molecule has 184 valence electrons. The number of carboxylic acid groups (broad SMARTS) is 1. The standard InChI is InChI=1S/C27H52O4/c1-3-5-7-8-9-10-11-12-13-14-15-16-17-18-19-24-27(30)31-25(21-6-4-2)22-20-23-26(28)29/h25H,3-24H2,1-2H3,(H,28,29). The van der Waals surface area contributed by atoms with Crippen molar-refractivity contribution in [2.75, 3.05) is 0 Å². The highest BCUT2D eigenvalue weighted by atomic mass is 16.5. The van der Waals surface area contributed by atoms with Gasteiger partial charge < -0.3 is 9.84 Å². The van der Waals surface area contributed by atoms with Crippen LogP contribution in [-0.2, 0) is 14.3 Å². The number of carboxylic acids is 1. The molecular formula is C27H52O4. The molecule has 0 aliphatic rings. The molecular weight excluding hydrogens is 388 g/mol. The molecule has 0 aromatic carbocycles. The Morgan fingerprint density at radius 1 is 0.581 bits per heavy atom. The van der Waals surface area contributed by atoms with Gasteiger partial charge >= 0.3 is 11.9 Å². The second-order valence-electron chi connectivity index (χ2n) is 9.24. The lowest BCUT2D eigenvalue weighted by molar-refractivity contribution is -0.150. The molecule has 0 aliphatic heterocycles. The predicted octanol–water partition coefficient (Wildman–Crippen LogP) is 8.60. The van der Waals surface area contributed by atoms with E-state index in [-0.39, 0.29) is 18.5 Å². The van der Waals surface area contributed by atoms with Crippen LogP contribution in [0.25, 0.3) is 0 Å². The first-order chi connectivity index (χ1) is 15.1. The molecule has 4 heteroatoms. The smallest absolute Gasteiger partial charge is 0.306 e. The molecule has 31 heavy (non-hydrogen) atoms. The molecule has 0 aliphatic carbocycles. The molecule has 1 atom stereocenters. The lowest BCUT2D eigenvalue weighted by Gasteiger charge is -2.17. The molecule has 1 N–H and O–H groups in total. The molecule has 0 radical (unpaired) electrons. The third-order valence-corrected chi connectivity index (χ3v) is 6.08. The summed E-state index contributed by atoms with van der Waals surface area (Å²) in [6.45, 7) is 4.39. The largest absolute Gasteiger partial charge is 0.481 e. The number of carbonyl (C=O) groups is 2. The number of hydrogen-bond donors (Lipinski definition) is 1. The van der Waals surface area contributed by atoms with Crippen LogP contribution in [0.4, 0.5) is 0 Å². The van der Waals surface area contributed by atoms with Gasteiger partial charge in [-0.05, 0) is 25.7 Å². The summed E-state index contributed by atoms with van der Waals surface area (Å²) in [5.74, 6) is -0.885. The van der Waals surface area contributed by atoms with E-state index in [0.29, 0.717) is 19.3 Å². The van der Waals surface area contributed by atoms with Gasteiger partial charge in [-0.1, -0.05) is 117 Å².